The van der Waals surface area contributed by atoms with E-state index in [-0.39, 0.29) is 6.79 Å². The third-order valence-electron chi connectivity index (χ3n) is 4.09. The quantitative estimate of drug-likeness (QED) is 0.901. The SMILES string of the molecule is CC(C(=O)O)(c1ccc2c(c1)OCO2)N1CCCC1. The second kappa shape index (κ2) is 4.42. The Kier molecular flexibility index (Phi) is 2.86. The van der Waals surface area contributed by atoms with Crippen LogP contribution in [0.3, 0.4) is 0 Å². The zero-order valence-corrected chi connectivity index (χ0v) is 10.9. The Balaban J connectivity index is 2.02. The summed E-state index contributed by atoms with van der Waals surface area (Å²) in [5, 5.41) is 9.68. The topological polar surface area (TPSA) is 59.0 Å². The Morgan fingerprint density at radius 3 is 2.63 bits per heavy atom. The van der Waals surface area contributed by atoms with Gasteiger partial charge in [0.25, 0.3) is 0 Å². The molecule has 19 heavy (non-hydrogen) atoms. The van der Waals surface area contributed by atoms with Crippen molar-refractivity contribution in [3.8, 4) is 11.5 Å². The number of ether oxygens (including phenoxy) is 2. The summed E-state index contributed by atoms with van der Waals surface area (Å²) in [6.45, 7) is 3.60. The van der Waals surface area contributed by atoms with Crippen LogP contribution >= 0.6 is 0 Å². The lowest BCUT2D eigenvalue weighted by Crippen LogP contribution is -2.48. The van der Waals surface area contributed by atoms with E-state index in [4.69, 9.17) is 9.47 Å². The molecule has 1 aromatic carbocycles. The molecule has 0 amide bonds. The van der Waals surface area contributed by atoms with Gasteiger partial charge in [-0.2, -0.15) is 0 Å². The van der Waals surface area contributed by atoms with Crippen molar-refractivity contribution in [3.63, 3.8) is 0 Å². The number of nitrogens with zero attached hydrogens (tertiary/aromatic N) is 1. The molecule has 0 radical (unpaired) electrons. The number of fused-ring (bicyclic) bond motifs is 1. The molecule has 5 nitrogen and oxygen atoms in total. The fourth-order valence-corrected chi connectivity index (χ4v) is 2.80. The fraction of sp³-hybridized carbons (Fsp3) is 0.500. The number of aliphatic carboxylic acids is 1. The monoisotopic (exact) mass is 263 g/mol. The number of hydrogen-bond acceptors (Lipinski definition) is 4. The summed E-state index contributed by atoms with van der Waals surface area (Å²) in [4.78, 5) is 13.8. The lowest BCUT2D eigenvalue weighted by Gasteiger charge is -2.35. The molecule has 0 aliphatic carbocycles. The Hall–Kier alpha value is -1.75. The number of likely N-dealkylation sites (tertiary alicyclic amines) is 1. The molecule has 0 spiro atoms. The molecule has 2 aliphatic heterocycles. The molecule has 1 atom stereocenters. The van der Waals surface area contributed by atoms with Gasteiger partial charge in [0.15, 0.2) is 11.5 Å². The summed E-state index contributed by atoms with van der Waals surface area (Å²) < 4.78 is 10.6. The van der Waals surface area contributed by atoms with Crippen LogP contribution in [0.4, 0.5) is 0 Å². The number of carboxylic acids is 1. The minimum absolute atomic E-state index is 0.201. The van der Waals surface area contributed by atoms with Crippen molar-refractivity contribution in [2.24, 2.45) is 0 Å². The average Bonchev–Trinajstić information content (AvgIpc) is 3.07. The van der Waals surface area contributed by atoms with Crippen LogP contribution in [0.2, 0.25) is 0 Å². The number of carboxylic acid groups (broad SMARTS) is 1. The molecule has 1 unspecified atom stereocenters. The van der Waals surface area contributed by atoms with Gasteiger partial charge in [0.2, 0.25) is 6.79 Å². The number of rotatable bonds is 3. The maximum Gasteiger partial charge on any atom is 0.328 e. The molecule has 1 saturated heterocycles. The van der Waals surface area contributed by atoms with Crippen molar-refractivity contribution in [1.29, 1.82) is 0 Å². The van der Waals surface area contributed by atoms with Gasteiger partial charge in [-0.05, 0) is 50.6 Å². The van der Waals surface area contributed by atoms with Gasteiger partial charge < -0.3 is 14.6 Å². The first kappa shape index (κ1) is 12.3. The standard InChI is InChI=1S/C14H17NO4/c1-14(13(16)17,15-6-2-3-7-15)10-4-5-11-12(8-10)19-9-18-11/h4-5,8H,2-3,6-7,9H2,1H3,(H,16,17). The molecule has 2 aliphatic rings. The predicted octanol–water partition coefficient (Wildman–Crippen LogP) is 1.81. The van der Waals surface area contributed by atoms with Crippen LogP contribution < -0.4 is 9.47 Å². The number of benzene rings is 1. The molecule has 1 N–H and O–H groups in total. The van der Waals surface area contributed by atoms with Gasteiger partial charge in [-0.25, -0.2) is 4.79 Å². The lowest BCUT2D eigenvalue weighted by molar-refractivity contribution is -0.150. The van der Waals surface area contributed by atoms with Crippen LogP contribution in [-0.4, -0.2) is 35.9 Å². The van der Waals surface area contributed by atoms with Gasteiger partial charge in [-0.3, -0.25) is 4.90 Å². The summed E-state index contributed by atoms with van der Waals surface area (Å²) in [6, 6.07) is 5.39. The largest absolute Gasteiger partial charge is 0.480 e. The molecule has 1 fully saturated rings. The third-order valence-corrected chi connectivity index (χ3v) is 4.09. The van der Waals surface area contributed by atoms with Crippen LogP contribution in [-0.2, 0) is 10.3 Å². The smallest absolute Gasteiger partial charge is 0.328 e. The van der Waals surface area contributed by atoms with E-state index in [1.807, 2.05) is 11.0 Å². The van der Waals surface area contributed by atoms with Gasteiger partial charge in [0.1, 0.15) is 5.54 Å². The minimum atomic E-state index is -1.00. The molecule has 0 bridgehead atoms. The van der Waals surface area contributed by atoms with Crippen LogP contribution in [0.5, 0.6) is 11.5 Å². The molecule has 0 saturated carbocycles. The highest BCUT2D eigenvalue weighted by atomic mass is 16.7. The normalized spacial score (nSPS) is 21.3. The second-order valence-electron chi connectivity index (χ2n) is 5.14. The molecular weight excluding hydrogens is 246 g/mol. The Morgan fingerprint density at radius 2 is 1.95 bits per heavy atom. The van der Waals surface area contributed by atoms with E-state index in [2.05, 4.69) is 0 Å². The summed E-state index contributed by atoms with van der Waals surface area (Å²) in [5.74, 6) is 0.482. The highest BCUT2D eigenvalue weighted by molar-refractivity contribution is 5.80. The van der Waals surface area contributed by atoms with Crippen molar-refractivity contribution in [2.75, 3.05) is 19.9 Å². The summed E-state index contributed by atoms with van der Waals surface area (Å²) >= 11 is 0. The Labute approximate surface area is 111 Å². The Bertz CT molecular complexity index is 510. The van der Waals surface area contributed by atoms with E-state index in [0.29, 0.717) is 11.5 Å². The van der Waals surface area contributed by atoms with Gasteiger partial charge in [-0.15, -0.1) is 0 Å². The van der Waals surface area contributed by atoms with Crippen LogP contribution in [0.1, 0.15) is 25.3 Å². The molecule has 5 heteroatoms. The molecule has 0 aromatic heterocycles. The van der Waals surface area contributed by atoms with Crippen molar-refractivity contribution < 1.29 is 19.4 Å². The molecule has 1 aromatic rings. The summed E-state index contributed by atoms with van der Waals surface area (Å²) in [5.41, 5.74) is -0.261. The van der Waals surface area contributed by atoms with Crippen molar-refractivity contribution >= 4 is 5.97 Å². The molecule has 3 rings (SSSR count). The van der Waals surface area contributed by atoms with E-state index in [9.17, 15) is 9.90 Å². The zero-order valence-electron chi connectivity index (χ0n) is 10.9. The van der Waals surface area contributed by atoms with E-state index in [1.54, 1.807) is 19.1 Å². The van der Waals surface area contributed by atoms with E-state index in [0.717, 1.165) is 31.5 Å². The lowest BCUT2D eigenvalue weighted by atomic mass is 9.90. The summed E-state index contributed by atoms with van der Waals surface area (Å²) in [6.07, 6.45) is 2.10. The highest BCUT2D eigenvalue weighted by Gasteiger charge is 2.43. The predicted molar refractivity (Wildman–Crippen MR) is 68.4 cm³/mol. The van der Waals surface area contributed by atoms with Crippen molar-refractivity contribution in [3.05, 3.63) is 23.8 Å². The molecule has 102 valence electrons. The van der Waals surface area contributed by atoms with E-state index < -0.39 is 11.5 Å². The number of hydrogen-bond donors (Lipinski definition) is 1. The first-order valence-corrected chi connectivity index (χ1v) is 6.51. The van der Waals surface area contributed by atoms with Gasteiger partial charge in [-0.1, -0.05) is 6.07 Å². The van der Waals surface area contributed by atoms with E-state index in [1.165, 1.54) is 0 Å². The first-order valence-electron chi connectivity index (χ1n) is 6.51. The van der Waals surface area contributed by atoms with Crippen LogP contribution in [0, 0.1) is 0 Å². The Morgan fingerprint density at radius 1 is 1.26 bits per heavy atom. The highest BCUT2D eigenvalue weighted by Crippen LogP contribution is 2.39. The minimum Gasteiger partial charge on any atom is -0.480 e. The van der Waals surface area contributed by atoms with Crippen LogP contribution in [0.25, 0.3) is 0 Å². The molecule has 2 heterocycles. The van der Waals surface area contributed by atoms with Gasteiger partial charge in [0, 0.05) is 0 Å². The van der Waals surface area contributed by atoms with Gasteiger partial charge in [0.05, 0.1) is 0 Å². The first-order chi connectivity index (χ1) is 9.12. The fourth-order valence-electron chi connectivity index (χ4n) is 2.80. The maximum atomic E-state index is 11.8. The van der Waals surface area contributed by atoms with Gasteiger partial charge >= 0.3 is 5.97 Å². The van der Waals surface area contributed by atoms with Crippen LogP contribution in [0.15, 0.2) is 18.2 Å². The average molecular weight is 263 g/mol. The van der Waals surface area contributed by atoms with E-state index >= 15 is 0 Å². The number of carbonyl (C=O) groups is 1. The van der Waals surface area contributed by atoms with Crippen molar-refractivity contribution in [1.82, 2.24) is 4.90 Å². The molecular formula is C14H17NO4. The third kappa shape index (κ3) is 1.85. The zero-order chi connectivity index (χ0) is 13.5. The second-order valence-corrected chi connectivity index (χ2v) is 5.14. The maximum absolute atomic E-state index is 11.8. The van der Waals surface area contributed by atoms with Crippen molar-refractivity contribution in [2.45, 2.75) is 25.3 Å². The summed E-state index contributed by atoms with van der Waals surface area (Å²) in [7, 11) is 0.